The van der Waals surface area contributed by atoms with Gasteiger partial charge in [-0.25, -0.2) is 0 Å². The standard InChI is InChI=1S/C13H16O4/c14-13(17-8-9-3-1-5-15-9)11-7-10(11)12-4-2-6-16-12/h2,4,6,9-11H,1,3,5,7-8H2. The highest BCUT2D eigenvalue weighted by atomic mass is 16.6. The third kappa shape index (κ3) is 2.36. The SMILES string of the molecule is O=C(OCC1CCCO1)C1CC1c1ccco1. The summed E-state index contributed by atoms with van der Waals surface area (Å²) in [5.74, 6) is 0.996. The Bertz CT molecular complexity index is 378. The fourth-order valence-corrected chi connectivity index (χ4v) is 2.33. The summed E-state index contributed by atoms with van der Waals surface area (Å²) in [7, 11) is 0. The van der Waals surface area contributed by atoms with E-state index in [2.05, 4.69) is 0 Å². The Morgan fingerprint density at radius 3 is 3.18 bits per heavy atom. The molecule has 92 valence electrons. The van der Waals surface area contributed by atoms with Crippen molar-refractivity contribution in [1.82, 2.24) is 0 Å². The number of ether oxygens (including phenoxy) is 2. The average molecular weight is 236 g/mol. The predicted molar refractivity (Wildman–Crippen MR) is 59.5 cm³/mol. The number of furan rings is 1. The Labute approximate surface area is 99.9 Å². The van der Waals surface area contributed by atoms with Gasteiger partial charge in [0.2, 0.25) is 0 Å². The lowest BCUT2D eigenvalue weighted by atomic mass is 10.2. The summed E-state index contributed by atoms with van der Waals surface area (Å²) >= 11 is 0. The van der Waals surface area contributed by atoms with E-state index in [-0.39, 0.29) is 23.9 Å². The lowest BCUT2D eigenvalue weighted by molar-refractivity contribution is -0.148. The third-order valence-corrected chi connectivity index (χ3v) is 3.44. The molecule has 1 aromatic heterocycles. The summed E-state index contributed by atoms with van der Waals surface area (Å²) in [6.45, 7) is 1.20. The molecule has 1 aliphatic carbocycles. The number of hydrogen-bond acceptors (Lipinski definition) is 4. The summed E-state index contributed by atoms with van der Waals surface area (Å²) in [5.41, 5.74) is 0. The molecule has 1 saturated carbocycles. The Morgan fingerprint density at radius 1 is 1.53 bits per heavy atom. The van der Waals surface area contributed by atoms with Crippen LogP contribution in [0.1, 0.15) is 30.9 Å². The van der Waals surface area contributed by atoms with Crippen molar-refractivity contribution in [2.45, 2.75) is 31.3 Å². The first kappa shape index (κ1) is 10.8. The maximum atomic E-state index is 11.7. The van der Waals surface area contributed by atoms with Gasteiger partial charge >= 0.3 is 5.97 Å². The van der Waals surface area contributed by atoms with Gasteiger partial charge in [-0.1, -0.05) is 0 Å². The first-order valence-corrected chi connectivity index (χ1v) is 6.16. The highest BCUT2D eigenvalue weighted by molar-refractivity contribution is 5.77. The van der Waals surface area contributed by atoms with Gasteiger partial charge in [0.05, 0.1) is 18.3 Å². The third-order valence-electron chi connectivity index (χ3n) is 3.44. The fraction of sp³-hybridized carbons (Fsp3) is 0.615. The molecule has 17 heavy (non-hydrogen) atoms. The molecule has 4 heteroatoms. The van der Waals surface area contributed by atoms with Crippen LogP contribution in [0.3, 0.4) is 0 Å². The van der Waals surface area contributed by atoms with E-state index in [0.29, 0.717) is 6.61 Å². The van der Waals surface area contributed by atoms with Crippen molar-refractivity contribution in [3.8, 4) is 0 Å². The minimum atomic E-state index is -0.109. The minimum absolute atomic E-state index is 0.0115. The van der Waals surface area contributed by atoms with Crippen molar-refractivity contribution in [2.24, 2.45) is 5.92 Å². The first-order chi connectivity index (χ1) is 8.34. The second kappa shape index (κ2) is 4.53. The molecular weight excluding hydrogens is 220 g/mol. The molecule has 3 rings (SSSR count). The molecule has 3 atom stereocenters. The fourth-order valence-electron chi connectivity index (χ4n) is 2.33. The van der Waals surface area contributed by atoms with Crippen molar-refractivity contribution in [3.05, 3.63) is 24.2 Å². The number of carbonyl (C=O) groups excluding carboxylic acids is 1. The zero-order chi connectivity index (χ0) is 11.7. The summed E-state index contributed by atoms with van der Waals surface area (Å²) < 4.78 is 16.0. The van der Waals surface area contributed by atoms with Crippen LogP contribution in [0.15, 0.2) is 22.8 Å². The lowest BCUT2D eigenvalue weighted by Crippen LogP contribution is -2.19. The molecule has 2 heterocycles. The number of carbonyl (C=O) groups is 1. The van der Waals surface area contributed by atoms with Crippen LogP contribution in [0.2, 0.25) is 0 Å². The maximum Gasteiger partial charge on any atom is 0.309 e. The molecule has 1 saturated heterocycles. The zero-order valence-corrected chi connectivity index (χ0v) is 9.63. The summed E-state index contributed by atoms with van der Waals surface area (Å²) in [6, 6.07) is 3.76. The smallest absolute Gasteiger partial charge is 0.309 e. The first-order valence-electron chi connectivity index (χ1n) is 6.16. The molecule has 0 radical (unpaired) electrons. The highest BCUT2D eigenvalue weighted by Gasteiger charge is 2.47. The molecular formula is C13H16O4. The molecule has 0 spiro atoms. The predicted octanol–water partition coefficient (Wildman–Crippen LogP) is 2.11. The van der Waals surface area contributed by atoms with Crippen LogP contribution in [0.4, 0.5) is 0 Å². The van der Waals surface area contributed by atoms with Gasteiger partial charge in [0.25, 0.3) is 0 Å². The van der Waals surface area contributed by atoms with Gasteiger partial charge in [0, 0.05) is 12.5 Å². The molecule has 0 amide bonds. The van der Waals surface area contributed by atoms with Gasteiger partial charge in [-0.15, -0.1) is 0 Å². The Morgan fingerprint density at radius 2 is 2.47 bits per heavy atom. The van der Waals surface area contributed by atoms with Crippen molar-refractivity contribution in [2.75, 3.05) is 13.2 Å². The Kier molecular flexibility index (Phi) is 2.89. The molecule has 3 unspecified atom stereocenters. The average Bonchev–Trinajstić information content (AvgIpc) is 2.82. The van der Waals surface area contributed by atoms with Gasteiger partial charge in [-0.05, 0) is 31.4 Å². The van der Waals surface area contributed by atoms with E-state index in [0.717, 1.165) is 31.6 Å². The molecule has 2 fully saturated rings. The Balaban J connectivity index is 1.45. The Hall–Kier alpha value is -1.29. The molecule has 2 aliphatic rings. The van der Waals surface area contributed by atoms with Crippen LogP contribution >= 0.6 is 0 Å². The molecule has 1 aromatic rings. The van der Waals surface area contributed by atoms with Crippen molar-refractivity contribution in [3.63, 3.8) is 0 Å². The van der Waals surface area contributed by atoms with E-state index in [4.69, 9.17) is 13.9 Å². The zero-order valence-electron chi connectivity index (χ0n) is 9.63. The van der Waals surface area contributed by atoms with E-state index in [9.17, 15) is 4.79 Å². The summed E-state index contributed by atoms with van der Waals surface area (Å²) in [6.07, 6.45) is 4.67. The van der Waals surface area contributed by atoms with E-state index < -0.39 is 0 Å². The quantitative estimate of drug-likeness (QED) is 0.751. The van der Waals surface area contributed by atoms with E-state index in [1.54, 1.807) is 6.26 Å². The topological polar surface area (TPSA) is 48.7 Å². The lowest BCUT2D eigenvalue weighted by Gasteiger charge is -2.09. The maximum absolute atomic E-state index is 11.7. The van der Waals surface area contributed by atoms with Crippen molar-refractivity contribution >= 4 is 5.97 Å². The summed E-state index contributed by atoms with van der Waals surface area (Å²) in [5, 5.41) is 0. The minimum Gasteiger partial charge on any atom is -0.469 e. The number of hydrogen-bond donors (Lipinski definition) is 0. The van der Waals surface area contributed by atoms with Crippen LogP contribution in [0.25, 0.3) is 0 Å². The monoisotopic (exact) mass is 236 g/mol. The van der Waals surface area contributed by atoms with E-state index in [1.807, 2.05) is 12.1 Å². The number of rotatable bonds is 4. The van der Waals surface area contributed by atoms with Crippen LogP contribution in [-0.4, -0.2) is 25.3 Å². The van der Waals surface area contributed by atoms with Crippen LogP contribution in [0, 0.1) is 5.92 Å². The second-order valence-electron chi connectivity index (χ2n) is 4.73. The van der Waals surface area contributed by atoms with Gasteiger partial charge in [-0.2, -0.15) is 0 Å². The van der Waals surface area contributed by atoms with Crippen LogP contribution < -0.4 is 0 Å². The van der Waals surface area contributed by atoms with Crippen LogP contribution in [0.5, 0.6) is 0 Å². The molecule has 4 nitrogen and oxygen atoms in total. The van der Waals surface area contributed by atoms with E-state index >= 15 is 0 Å². The van der Waals surface area contributed by atoms with E-state index in [1.165, 1.54) is 0 Å². The highest BCUT2D eigenvalue weighted by Crippen LogP contribution is 2.48. The molecule has 1 aliphatic heterocycles. The van der Waals surface area contributed by atoms with Gasteiger partial charge in [-0.3, -0.25) is 4.79 Å². The van der Waals surface area contributed by atoms with Crippen molar-refractivity contribution < 1.29 is 18.7 Å². The number of esters is 1. The van der Waals surface area contributed by atoms with Crippen molar-refractivity contribution in [1.29, 1.82) is 0 Å². The molecule has 0 N–H and O–H groups in total. The molecule has 0 bridgehead atoms. The summed E-state index contributed by atoms with van der Waals surface area (Å²) in [4.78, 5) is 11.7. The second-order valence-corrected chi connectivity index (χ2v) is 4.73. The largest absolute Gasteiger partial charge is 0.469 e. The molecule has 0 aromatic carbocycles. The normalized spacial score (nSPS) is 31.4. The van der Waals surface area contributed by atoms with Gasteiger partial charge in [0.1, 0.15) is 12.4 Å². The van der Waals surface area contributed by atoms with Gasteiger partial charge < -0.3 is 13.9 Å². The van der Waals surface area contributed by atoms with Gasteiger partial charge in [0.15, 0.2) is 0 Å². The van der Waals surface area contributed by atoms with Crippen LogP contribution in [-0.2, 0) is 14.3 Å².